The highest BCUT2D eigenvalue weighted by atomic mass is 79.9. The molecule has 1 N–H and O–H groups in total. The van der Waals surface area contributed by atoms with Gasteiger partial charge in [-0.2, -0.15) is 0 Å². The van der Waals surface area contributed by atoms with Gasteiger partial charge >= 0.3 is 0 Å². The second-order valence-corrected chi connectivity index (χ2v) is 6.56. The zero-order valence-corrected chi connectivity index (χ0v) is 14.8. The second-order valence-electron chi connectivity index (χ2n) is 5.30. The van der Waals surface area contributed by atoms with Crippen molar-refractivity contribution in [2.24, 2.45) is 0 Å². The highest BCUT2D eigenvalue weighted by Gasteiger charge is 2.17. The number of carbonyl (C=O) groups excluding carboxylic acids is 1. The van der Waals surface area contributed by atoms with Gasteiger partial charge in [0.25, 0.3) is 0 Å². The molecule has 0 unspecified atom stereocenters. The molecule has 0 aromatic heterocycles. The number of carbonyl (C=O) groups is 1. The van der Waals surface area contributed by atoms with E-state index in [9.17, 15) is 4.79 Å². The summed E-state index contributed by atoms with van der Waals surface area (Å²) in [6, 6.07) is 9.18. The van der Waals surface area contributed by atoms with Crippen LogP contribution in [0, 0.1) is 6.92 Å². The Kier molecular flexibility index (Phi) is 4.78. The summed E-state index contributed by atoms with van der Waals surface area (Å²) < 4.78 is 11.9. The molecule has 23 heavy (non-hydrogen) atoms. The predicted octanol–water partition coefficient (Wildman–Crippen LogP) is 4.36. The fraction of sp³-hybridized carbons (Fsp3) is 0.235. The van der Waals surface area contributed by atoms with Crippen LogP contribution >= 0.6 is 27.5 Å². The van der Waals surface area contributed by atoms with Crippen molar-refractivity contribution in [3.8, 4) is 11.5 Å². The van der Waals surface area contributed by atoms with E-state index in [1.54, 1.807) is 6.07 Å². The highest BCUT2D eigenvalue weighted by Crippen LogP contribution is 2.35. The summed E-state index contributed by atoms with van der Waals surface area (Å²) >= 11 is 9.61. The molecular formula is C17H15BrClNO3. The third kappa shape index (κ3) is 3.79. The predicted molar refractivity (Wildman–Crippen MR) is 93.7 cm³/mol. The third-order valence-electron chi connectivity index (χ3n) is 3.46. The van der Waals surface area contributed by atoms with Crippen molar-refractivity contribution >= 4 is 39.1 Å². The number of fused-ring (bicyclic) bond motifs is 1. The summed E-state index contributed by atoms with van der Waals surface area (Å²) in [5.74, 6) is 1.21. The molecule has 1 aliphatic rings. The molecule has 0 radical (unpaired) electrons. The molecule has 0 atom stereocenters. The van der Waals surface area contributed by atoms with Crippen molar-refractivity contribution in [3.63, 3.8) is 0 Å². The van der Waals surface area contributed by atoms with E-state index in [-0.39, 0.29) is 12.3 Å². The van der Waals surface area contributed by atoms with E-state index in [0.29, 0.717) is 35.4 Å². The minimum Gasteiger partial charge on any atom is -0.486 e. The number of rotatable bonds is 3. The summed E-state index contributed by atoms with van der Waals surface area (Å²) in [6.07, 6.45) is 0.210. The van der Waals surface area contributed by atoms with E-state index in [2.05, 4.69) is 21.2 Å². The number of benzene rings is 2. The van der Waals surface area contributed by atoms with Gasteiger partial charge in [0.1, 0.15) is 13.2 Å². The average Bonchev–Trinajstić information content (AvgIpc) is 2.51. The van der Waals surface area contributed by atoms with Crippen molar-refractivity contribution in [1.29, 1.82) is 0 Å². The van der Waals surface area contributed by atoms with Crippen LogP contribution in [-0.4, -0.2) is 19.1 Å². The van der Waals surface area contributed by atoms with E-state index in [0.717, 1.165) is 15.6 Å². The van der Waals surface area contributed by atoms with Crippen LogP contribution in [-0.2, 0) is 11.2 Å². The quantitative estimate of drug-likeness (QED) is 0.838. The maximum absolute atomic E-state index is 12.3. The van der Waals surface area contributed by atoms with Gasteiger partial charge in [0.2, 0.25) is 5.91 Å². The zero-order valence-electron chi connectivity index (χ0n) is 12.5. The molecule has 6 heteroatoms. The summed E-state index contributed by atoms with van der Waals surface area (Å²) in [5.41, 5.74) is 2.48. The Morgan fingerprint density at radius 1 is 1.22 bits per heavy atom. The third-order valence-corrected chi connectivity index (χ3v) is 4.51. The number of amides is 1. The van der Waals surface area contributed by atoms with E-state index in [1.165, 1.54) is 0 Å². The van der Waals surface area contributed by atoms with Crippen LogP contribution in [0.25, 0.3) is 0 Å². The van der Waals surface area contributed by atoms with Gasteiger partial charge in [-0.3, -0.25) is 4.79 Å². The van der Waals surface area contributed by atoms with Crippen LogP contribution in [0.1, 0.15) is 11.1 Å². The van der Waals surface area contributed by atoms with Gasteiger partial charge < -0.3 is 14.8 Å². The first-order valence-corrected chi connectivity index (χ1v) is 8.34. The van der Waals surface area contributed by atoms with Gasteiger partial charge in [-0.1, -0.05) is 33.6 Å². The molecule has 0 aliphatic carbocycles. The maximum atomic E-state index is 12.3. The first-order valence-electron chi connectivity index (χ1n) is 7.17. The van der Waals surface area contributed by atoms with Gasteiger partial charge in [0, 0.05) is 4.47 Å². The van der Waals surface area contributed by atoms with Gasteiger partial charge in [0.15, 0.2) is 11.5 Å². The number of hydrogen-bond donors (Lipinski definition) is 1. The largest absolute Gasteiger partial charge is 0.486 e. The fourth-order valence-electron chi connectivity index (χ4n) is 2.33. The zero-order chi connectivity index (χ0) is 16.4. The van der Waals surface area contributed by atoms with Crippen molar-refractivity contribution in [3.05, 3.63) is 51.0 Å². The molecule has 120 valence electrons. The Morgan fingerprint density at radius 2 is 1.91 bits per heavy atom. The van der Waals surface area contributed by atoms with Crippen molar-refractivity contribution in [2.45, 2.75) is 13.3 Å². The summed E-state index contributed by atoms with van der Waals surface area (Å²) in [5, 5.41) is 3.36. The standard InChI is InChI=1S/C17H15BrClNO3/c1-10-2-3-14(13(19)6-10)20-17(21)8-11-7-15-16(9-12(11)18)23-5-4-22-15/h2-3,6-7,9H,4-5,8H2,1H3,(H,20,21). The molecule has 0 fully saturated rings. The summed E-state index contributed by atoms with van der Waals surface area (Å²) in [6.45, 7) is 2.99. The highest BCUT2D eigenvalue weighted by molar-refractivity contribution is 9.10. The smallest absolute Gasteiger partial charge is 0.228 e. The molecule has 1 aliphatic heterocycles. The van der Waals surface area contributed by atoms with Crippen LogP contribution in [0.3, 0.4) is 0 Å². The van der Waals surface area contributed by atoms with Crippen LogP contribution in [0.5, 0.6) is 11.5 Å². The van der Waals surface area contributed by atoms with Crippen LogP contribution < -0.4 is 14.8 Å². The summed E-state index contributed by atoms with van der Waals surface area (Å²) in [4.78, 5) is 12.3. The Morgan fingerprint density at radius 3 is 2.61 bits per heavy atom. The van der Waals surface area contributed by atoms with Crippen LogP contribution in [0.15, 0.2) is 34.8 Å². The Labute approximate surface area is 147 Å². The lowest BCUT2D eigenvalue weighted by Crippen LogP contribution is -2.17. The second kappa shape index (κ2) is 6.81. The number of halogens is 2. The Bertz CT molecular complexity index is 764. The van der Waals surface area contributed by atoms with E-state index in [4.69, 9.17) is 21.1 Å². The fourth-order valence-corrected chi connectivity index (χ4v) is 3.08. The molecule has 1 amide bonds. The van der Waals surface area contributed by atoms with Gasteiger partial charge in [-0.15, -0.1) is 0 Å². The molecule has 4 nitrogen and oxygen atoms in total. The summed E-state index contributed by atoms with van der Waals surface area (Å²) in [7, 11) is 0. The lowest BCUT2D eigenvalue weighted by atomic mass is 10.1. The molecule has 0 bridgehead atoms. The normalized spacial score (nSPS) is 12.8. The van der Waals surface area contributed by atoms with E-state index < -0.39 is 0 Å². The van der Waals surface area contributed by atoms with E-state index in [1.807, 2.05) is 31.2 Å². The van der Waals surface area contributed by atoms with Crippen LogP contribution in [0.2, 0.25) is 5.02 Å². The minimum atomic E-state index is -0.145. The number of nitrogens with one attached hydrogen (secondary N) is 1. The topological polar surface area (TPSA) is 47.6 Å². The molecule has 0 saturated heterocycles. The molecule has 3 rings (SSSR count). The monoisotopic (exact) mass is 395 g/mol. The average molecular weight is 397 g/mol. The SMILES string of the molecule is Cc1ccc(NC(=O)Cc2cc3c(cc2Br)OCCO3)c(Cl)c1. The molecule has 1 heterocycles. The number of ether oxygens (including phenoxy) is 2. The van der Waals surface area contributed by atoms with Gasteiger partial charge in [-0.05, 0) is 42.3 Å². The Balaban J connectivity index is 1.75. The number of hydrogen-bond acceptors (Lipinski definition) is 3. The molecule has 0 saturated carbocycles. The minimum absolute atomic E-state index is 0.145. The van der Waals surface area contributed by atoms with Gasteiger partial charge in [0.05, 0.1) is 17.1 Å². The molecule has 2 aromatic carbocycles. The first-order chi connectivity index (χ1) is 11.0. The van der Waals surface area contributed by atoms with Gasteiger partial charge in [-0.25, -0.2) is 0 Å². The number of anilines is 1. The Hall–Kier alpha value is -1.72. The number of aryl methyl sites for hydroxylation is 1. The van der Waals surface area contributed by atoms with Crippen molar-refractivity contribution < 1.29 is 14.3 Å². The lowest BCUT2D eigenvalue weighted by molar-refractivity contribution is -0.115. The van der Waals surface area contributed by atoms with E-state index >= 15 is 0 Å². The molecule has 0 spiro atoms. The maximum Gasteiger partial charge on any atom is 0.228 e. The lowest BCUT2D eigenvalue weighted by Gasteiger charge is -2.20. The molecule has 2 aromatic rings. The molecular weight excluding hydrogens is 382 g/mol. The van der Waals surface area contributed by atoms with Crippen molar-refractivity contribution in [1.82, 2.24) is 0 Å². The first kappa shape index (κ1) is 16.1. The van der Waals surface area contributed by atoms with Crippen LogP contribution in [0.4, 0.5) is 5.69 Å². The van der Waals surface area contributed by atoms with Crippen molar-refractivity contribution in [2.75, 3.05) is 18.5 Å².